The fourth-order valence-electron chi connectivity index (χ4n) is 2.87. The van der Waals surface area contributed by atoms with Gasteiger partial charge in [0.1, 0.15) is 5.82 Å². The lowest BCUT2D eigenvalue weighted by Gasteiger charge is -2.06. The smallest absolute Gasteiger partial charge is 0.261 e. The first kappa shape index (κ1) is 17.2. The summed E-state index contributed by atoms with van der Waals surface area (Å²) in [5, 5.41) is 4.87. The zero-order valence-electron chi connectivity index (χ0n) is 14.1. The molecule has 0 saturated heterocycles. The first-order valence-electron chi connectivity index (χ1n) is 8.49. The summed E-state index contributed by atoms with van der Waals surface area (Å²) in [5.74, 6) is 3.78. The molecular formula is C20H21N3OS. The molecule has 0 radical (unpaired) electrons. The topological polar surface area (TPSA) is 46.9 Å². The van der Waals surface area contributed by atoms with Gasteiger partial charge < -0.3 is 9.88 Å². The second kappa shape index (κ2) is 8.50. The Labute approximate surface area is 151 Å². The van der Waals surface area contributed by atoms with E-state index in [4.69, 9.17) is 11.4 Å². The lowest BCUT2D eigenvalue weighted by atomic mass is 10.2. The Morgan fingerprint density at radius 3 is 2.88 bits per heavy atom. The average Bonchev–Trinajstić information content (AvgIpc) is 3.27. The number of hydrogen-bond donors (Lipinski definition) is 1. The van der Waals surface area contributed by atoms with Crippen molar-refractivity contribution in [3.8, 4) is 12.3 Å². The van der Waals surface area contributed by atoms with Gasteiger partial charge in [-0.15, -0.1) is 17.8 Å². The van der Waals surface area contributed by atoms with Gasteiger partial charge >= 0.3 is 0 Å². The zero-order chi connectivity index (χ0) is 17.5. The molecule has 128 valence electrons. The van der Waals surface area contributed by atoms with Gasteiger partial charge in [-0.3, -0.25) is 4.79 Å². The molecule has 1 aromatic carbocycles. The number of thiophene rings is 1. The van der Waals surface area contributed by atoms with Crippen molar-refractivity contribution in [2.75, 3.05) is 6.54 Å². The summed E-state index contributed by atoms with van der Waals surface area (Å²) in [7, 11) is 0. The van der Waals surface area contributed by atoms with Crippen molar-refractivity contribution in [1.29, 1.82) is 0 Å². The summed E-state index contributed by atoms with van der Waals surface area (Å²) in [4.78, 5) is 17.3. The number of imidazole rings is 1. The number of amides is 1. The number of aromatic nitrogens is 2. The van der Waals surface area contributed by atoms with Crippen LogP contribution in [0.25, 0.3) is 11.0 Å². The highest BCUT2D eigenvalue weighted by atomic mass is 32.1. The number of nitrogens with zero attached hydrogens (tertiary/aromatic N) is 2. The minimum Gasteiger partial charge on any atom is -0.351 e. The molecule has 25 heavy (non-hydrogen) atoms. The number of terminal acetylenes is 1. The molecule has 1 amide bonds. The molecule has 0 aliphatic heterocycles. The van der Waals surface area contributed by atoms with Crippen molar-refractivity contribution < 1.29 is 4.79 Å². The van der Waals surface area contributed by atoms with Crippen molar-refractivity contribution >= 4 is 28.3 Å². The minimum absolute atomic E-state index is 0.0193. The Morgan fingerprint density at radius 2 is 2.08 bits per heavy atom. The molecular weight excluding hydrogens is 330 g/mol. The molecule has 0 bridgehead atoms. The number of unbranched alkanes of at least 4 members (excludes halogenated alkanes) is 2. The Hall–Kier alpha value is -2.58. The second-order valence-corrected chi connectivity index (χ2v) is 6.80. The summed E-state index contributed by atoms with van der Waals surface area (Å²) >= 11 is 1.47. The molecule has 0 aliphatic rings. The van der Waals surface area contributed by atoms with Crippen LogP contribution in [0, 0.1) is 12.3 Å². The molecule has 3 aromatic rings. The van der Waals surface area contributed by atoms with Gasteiger partial charge in [-0.25, -0.2) is 4.98 Å². The van der Waals surface area contributed by atoms with E-state index < -0.39 is 0 Å². The highest BCUT2D eigenvalue weighted by molar-refractivity contribution is 7.12. The Bertz CT molecular complexity index is 874. The molecule has 5 heteroatoms. The molecule has 0 aliphatic carbocycles. The Balaban J connectivity index is 1.46. The van der Waals surface area contributed by atoms with Gasteiger partial charge in [-0.05, 0) is 36.4 Å². The number of nitrogens with one attached hydrogen (secondary N) is 1. The van der Waals surface area contributed by atoms with Crippen LogP contribution in [0.15, 0.2) is 41.8 Å². The summed E-state index contributed by atoms with van der Waals surface area (Å²) in [5.41, 5.74) is 2.09. The second-order valence-electron chi connectivity index (χ2n) is 5.85. The van der Waals surface area contributed by atoms with Gasteiger partial charge in [0.2, 0.25) is 0 Å². The van der Waals surface area contributed by atoms with Crippen LogP contribution >= 0.6 is 11.3 Å². The van der Waals surface area contributed by atoms with E-state index >= 15 is 0 Å². The van der Waals surface area contributed by atoms with Crippen LogP contribution < -0.4 is 5.32 Å². The van der Waals surface area contributed by atoms with E-state index in [1.54, 1.807) is 0 Å². The van der Waals surface area contributed by atoms with Crippen LogP contribution in [0.4, 0.5) is 0 Å². The molecule has 0 unspecified atom stereocenters. The first-order valence-corrected chi connectivity index (χ1v) is 9.37. The average molecular weight is 351 g/mol. The number of rotatable bonds is 8. The zero-order valence-corrected chi connectivity index (χ0v) is 14.9. The molecule has 2 aromatic heterocycles. The lowest BCUT2D eigenvalue weighted by Crippen LogP contribution is -2.23. The molecule has 0 saturated carbocycles. The van der Waals surface area contributed by atoms with Gasteiger partial charge in [0.15, 0.2) is 0 Å². The minimum atomic E-state index is 0.0193. The number of benzene rings is 1. The SMILES string of the molecule is C#CCn1c(CCCCCNC(=O)c2cccs2)nc2ccccc21. The first-order chi connectivity index (χ1) is 12.3. The van der Waals surface area contributed by atoms with E-state index in [9.17, 15) is 4.79 Å². The van der Waals surface area contributed by atoms with E-state index in [1.165, 1.54) is 11.3 Å². The standard InChI is InChI=1S/C20H21N3OS/c1-2-14-23-17-10-6-5-9-16(17)22-19(23)12-4-3-7-13-21-20(24)18-11-8-15-25-18/h1,5-6,8-11,15H,3-4,7,12-14H2,(H,21,24). The maximum Gasteiger partial charge on any atom is 0.261 e. The van der Waals surface area contributed by atoms with Gasteiger partial charge in [0, 0.05) is 13.0 Å². The highest BCUT2D eigenvalue weighted by Gasteiger charge is 2.09. The lowest BCUT2D eigenvalue weighted by molar-refractivity contribution is 0.0957. The number of fused-ring (bicyclic) bond motifs is 1. The van der Waals surface area contributed by atoms with Crippen molar-refractivity contribution in [3.63, 3.8) is 0 Å². The Morgan fingerprint density at radius 1 is 1.20 bits per heavy atom. The van der Waals surface area contributed by atoms with Crippen molar-refractivity contribution in [3.05, 3.63) is 52.5 Å². The number of carbonyl (C=O) groups is 1. The highest BCUT2D eigenvalue weighted by Crippen LogP contribution is 2.17. The number of hydrogen-bond acceptors (Lipinski definition) is 3. The predicted octanol–water partition coefficient (Wildman–Crippen LogP) is 3.87. The van der Waals surface area contributed by atoms with Gasteiger partial charge in [-0.1, -0.05) is 30.5 Å². The molecule has 1 N–H and O–H groups in total. The summed E-state index contributed by atoms with van der Waals surface area (Å²) in [6.07, 6.45) is 9.44. The molecule has 0 atom stereocenters. The maximum absolute atomic E-state index is 11.8. The van der Waals surface area contributed by atoms with Crippen LogP contribution in [-0.2, 0) is 13.0 Å². The normalized spacial score (nSPS) is 10.7. The summed E-state index contributed by atoms with van der Waals surface area (Å²) in [6.45, 7) is 1.25. The van der Waals surface area contributed by atoms with Crippen molar-refractivity contribution in [2.45, 2.75) is 32.2 Å². The largest absolute Gasteiger partial charge is 0.351 e. The molecule has 4 nitrogen and oxygen atoms in total. The number of carbonyl (C=O) groups excluding carboxylic acids is 1. The van der Waals surface area contributed by atoms with Gasteiger partial charge in [0.25, 0.3) is 5.91 Å². The monoisotopic (exact) mass is 351 g/mol. The van der Waals surface area contributed by atoms with Crippen LogP contribution in [-0.4, -0.2) is 22.0 Å². The van der Waals surface area contributed by atoms with E-state index in [0.717, 1.165) is 47.4 Å². The van der Waals surface area contributed by atoms with Crippen LogP contribution in [0.3, 0.4) is 0 Å². The van der Waals surface area contributed by atoms with Gasteiger partial charge in [0.05, 0.1) is 22.5 Å². The quantitative estimate of drug-likeness (QED) is 0.495. The molecule has 0 spiro atoms. The third-order valence-corrected chi connectivity index (χ3v) is 4.96. The van der Waals surface area contributed by atoms with E-state index in [0.29, 0.717) is 13.1 Å². The van der Waals surface area contributed by atoms with E-state index in [2.05, 4.69) is 21.9 Å². The predicted molar refractivity (Wildman–Crippen MR) is 103 cm³/mol. The van der Waals surface area contributed by atoms with E-state index in [-0.39, 0.29) is 5.91 Å². The molecule has 0 fully saturated rings. The fourth-order valence-corrected chi connectivity index (χ4v) is 3.51. The molecule has 2 heterocycles. The summed E-state index contributed by atoms with van der Waals surface area (Å²) in [6, 6.07) is 11.8. The molecule has 3 rings (SSSR count). The Kier molecular flexibility index (Phi) is 5.86. The van der Waals surface area contributed by atoms with Crippen molar-refractivity contribution in [2.24, 2.45) is 0 Å². The van der Waals surface area contributed by atoms with Gasteiger partial charge in [-0.2, -0.15) is 0 Å². The fraction of sp³-hybridized carbons (Fsp3) is 0.300. The number of aryl methyl sites for hydroxylation is 1. The van der Waals surface area contributed by atoms with Crippen molar-refractivity contribution in [1.82, 2.24) is 14.9 Å². The third kappa shape index (κ3) is 4.28. The van der Waals surface area contributed by atoms with Crippen LogP contribution in [0.2, 0.25) is 0 Å². The maximum atomic E-state index is 11.8. The third-order valence-electron chi connectivity index (χ3n) is 4.09. The van der Waals surface area contributed by atoms with Crippen LogP contribution in [0.1, 0.15) is 34.8 Å². The van der Waals surface area contributed by atoms with Crippen LogP contribution in [0.5, 0.6) is 0 Å². The number of para-hydroxylation sites is 2. The summed E-state index contributed by atoms with van der Waals surface area (Å²) < 4.78 is 2.12. The van der Waals surface area contributed by atoms with E-state index in [1.807, 2.05) is 35.7 Å².